The van der Waals surface area contributed by atoms with Gasteiger partial charge in [-0.15, -0.1) is 0 Å². The molecule has 0 bridgehead atoms. The summed E-state index contributed by atoms with van der Waals surface area (Å²) in [5.74, 6) is 0.669. The highest BCUT2D eigenvalue weighted by molar-refractivity contribution is 5.99. The molecule has 1 atom stereocenters. The van der Waals surface area contributed by atoms with Gasteiger partial charge in [0.25, 0.3) is 5.91 Å². The van der Waals surface area contributed by atoms with Crippen LogP contribution in [0.1, 0.15) is 41.6 Å². The van der Waals surface area contributed by atoms with Crippen LogP contribution >= 0.6 is 0 Å². The number of quaternary nitrogens is 1. The first kappa shape index (κ1) is 20.2. The van der Waals surface area contributed by atoms with Gasteiger partial charge in [0, 0.05) is 0 Å². The lowest BCUT2D eigenvalue weighted by Crippen LogP contribution is -3.12. The zero-order valence-electron chi connectivity index (χ0n) is 17.6. The second-order valence-electron chi connectivity index (χ2n) is 7.55. The number of fused-ring (bicyclic) bond motifs is 2. The van der Waals surface area contributed by atoms with Crippen molar-refractivity contribution in [3.63, 3.8) is 0 Å². The van der Waals surface area contributed by atoms with Crippen LogP contribution in [0.2, 0.25) is 0 Å². The molecule has 6 nitrogen and oxygen atoms in total. The van der Waals surface area contributed by atoms with Gasteiger partial charge in [0.05, 0.1) is 50.3 Å². The molecule has 4 rings (SSSR count). The predicted octanol–water partition coefficient (Wildman–Crippen LogP) is 2.27. The van der Waals surface area contributed by atoms with Crippen molar-refractivity contribution in [2.24, 2.45) is 0 Å². The minimum atomic E-state index is -0.464. The van der Waals surface area contributed by atoms with Gasteiger partial charge in [-0.1, -0.05) is 24.3 Å². The normalized spacial score (nSPS) is 15.8. The second kappa shape index (κ2) is 8.32. The van der Waals surface area contributed by atoms with E-state index in [-0.39, 0.29) is 17.1 Å². The van der Waals surface area contributed by atoms with Crippen molar-refractivity contribution in [2.45, 2.75) is 19.9 Å². The average molecular weight is 407 g/mol. The number of amides is 1. The SMILES string of the molecule is CC[NH+](CC)CCN1C(=O)c2oc3ccccc3c(=O)c2[C@H]1c1ccc(OC)cc1. The number of para-hydroxylation sites is 1. The van der Waals surface area contributed by atoms with Crippen LogP contribution in [-0.4, -0.2) is 44.1 Å². The highest BCUT2D eigenvalue weighted by atomic mass is 16.5. The maximum absolute atomic E-state index is 13.4. The van der Waals surface area contributed by atoms with Crippen molar-refractivity contribution in [2.75, 3.05) is 33.3 Å². The van der Waals surface area contributed by atoms with Crippen LogP contribution in [0.15, 0.2) is 57.7 Å². The summed E-state index contributed by atoms with van der Waals surface area (Å²) in [5, 5.41) is 0.499. The quantitative estimate of drug-likeness (QED) is 0.653. The zero-order valence-corrected chi connectivity index (χ0v) is 17.6. The van der Waals surface area contributed by atoms with Gasteiger partial charge in [0.1, 0.15) is 11.3 Å². The Hall–Kier alpha value is -3.12. The Labute approximate surface area is 175 Å². The summed E-state index contributed by atoms with van der Waals surface area (Å²) in [6, 6.07) is 14.2. The summed E-state index contributed by atoms with van der Waals surface area (Å²) in [6.45, 7) is 7.61. The Bertz CT molecular complexity index is 1120. The van der Waals surface area contributed by atoms with Crippen LogP contribution in [0.5, 0.6) is 5.75 Å². The number of ether oxygens (including phenoxy) is 1. The van der Waals surface area contributed by atoms with Crippen molar-refractivity contribution < 1.29 is 18.8 Å². The third-order valence-electron chi connectivity index (χ3n) is 6.01. The number of nitrogens with zero attached hydrogens (tertiary/aromatic N) is 1. The van der Waals surface area contributed by atoms with Gasteiger partial charge in [-0.3, -0.25) is 9.59 Å². The first-order chi connectivity index (χ1) is 14.6. The second-order valence-corrected chi connectivity index (χ2v) is 7.55. The Balaban J connectivity index is 1.84. The average Bonchev–Trinajstić information content (AvgIpc) is 3.07. The van der Waals surface area contributed by atoms with Gasteiger partial charge in [-0.2, -0.15) is 0 Å². The molecule has 3 aromatic rings. The van der Waals surface area contributed by atoms with Crippen LogP contribution in [0.25, 0.3) is 11.0 Å². The molecule has 156 valence electrons. The number of nitrogens with one attached hydrogen (secondary N) is 1. The third kappa shape index (κ3) is 3.37. The van der Waals surface area contributed by atoms with Gasteiger partial charge in [-0.25, -0.2) is 0 Å². The Morgan fingerprint density at radius 1 is 1.03 bits per heavy atom. The van der Waals surface area contributed by atoms with Crippen molar-refractivity contribution in [3.05, 3.63) is 75.6 Å². The van der Waals surface area contributed by atoms with Gasteiger partial charge >= 0.3 is 0 Å². The minimum Gasteiger partial charge on any atom is -0.497 e. The number of methoxy groups -OCH3 is 1. The van der Waals surface area contributed by atoms with E-state index >= 15 is 0 Å². The third-order valence-corrected chi connectivity index (χ3v) is 6.01. The molecule has 1 aliphatic rings. The van der Waals surface area contributed by atoms with E-state index in [0.29, 0.717) is 23.1 Å². The first-order valence-corrected chi connectivity index (χ1v) is 10.4. The molecule has 1 aromatic heterocycles. The van der Waals surface area contributed by atoms with Gasteiger partial charge < -0.3 is 19.0 Å². The molecule has 0 saturated heterocycles. The summed E-state index contributed by atoms with van der Waals surface area (Å²) in [7, 11) is 1.61. The maximum atomic E-state index is 13.4. The van der Waals surface area contributed by atoms with E-state index in [4.69, 9.17) is 9.15 Å². The number of hydrogen-bond acceptors (Lipinski definition) is 4. The molecule has 1 N–H and O–H groups in total. The summed E-state index contributed by atoms with van der Waals surface area (Å²) < 4.78 is 11.2. The van der Waals surface area contributed by atoms with Crippen LogP contribution in [-0.2, 0) is 0 Å². The highest BCUT2D eigenvalue weighted by Gasteiger charge is 2.42. The van der Waals surface area contributed by atoms with Crippen LogP contribution in [0, 0.1) is 0 Å². The van der Waals surface area contributed by atoms with Crippen molar-refractivity contribution in [3.8, 4) is 5.75 Å². The molecule has 0 unspecified atom stereocenters. The fourth-order valence-corrected chi connectivity index (χ4v) is 4.21. The zero-order chi connectivity index (χ0) is 21.3. The molecule has 1 aliphatic heterocycles. The van der Waals surface area contributed by atoms with E-state index < -0.39 is 6.04 Å². The molecule has 0 fully saturated rings. The topological polar surface area (TPSA) is 64.2 Å². The van der Waals surface area contributed by atoms with E-state index in [2.05, 4.69) is 13.8 Å². The largest absolute Gasteiger partial charge is 0.497 e. The van der Waals surface area contributed by atoms with Crippen LogP contribution < -0.4 is 15.1 Å². The minimum absolute atomic E-state index is 0.140. The van der Waals surface area contributed by atoms with E-state index in [1.165, 1.54) is 4.90 Å². The smallest absolute Gasteiger partial charge is 0.291 e. The lowest BCUT2D eigenvalue weighted by molar-refractivity contribution is -0.895. The molecule has 0 radical (unpaired) electrons. The van der Waals surface area contributed by atoms with Crippen molar-refractivity contribution in [1.29, 1.82) is 0 Å². The monoisotopic (exact) mass is 407 g/mol. The molecule has 0 aliphatic carbocycles. The molecular formula is C24H27N2O4+. The van der Waals surface area contributed by atoms with Gasteiger partial charge in [-0.05, 0) is 43.7 Å². The maximum Gasteiger partial charge on any atom is 0.291 e. The number of likely N-dealkylation sites (N-methyl/N-ethyl adjacent to an activating group) is 1. The Morgan fingerprint density at radius 2 is 1.73 bits per heavy atom. The molecule has 30 heavy (non-hydrogen) atoms. The van der Waals surface area contributed by atoms with Crippen LogP contribution in [0.3, 0.4) is 0 Å². The molecule has 2 aromatic carbocycles. The number of benzene rings is 2. The first-order valence-electron chi connectivity index (χ1n) is 10.4. The molecule has 6 heteroatoms. The summed E-state index contributed by atoms with van der Waals surface area (Å²) in [4.78, 5) is 29.9. The van der Waals surface area contributed by atoms with Gasteiger partial charge in [0.2, 0.25) is 5.76 Å². The highest BCUT2D eigenvalue weighted by Crippen LogP contribution is 2.38. The van der Waals surface area contributed by atoms with E-state index in [1.807, 2.05) is 30.3 Å². The molecule has 0 saturated carbocycles. The number of rotatable bonds is 7. The number of hydrogen-bond donors (Lipinski definition) is 1. The van der Waals surface area contributed by atoms with E-state index in [1.54, 1.807) is 30.2 Å². The standard InChI is InChI=1S/C24H26N2O4/c1-4-25(5-2)14-15-26-21(16-10-12-17(29-3)13-11-16)20-22(27)18-8-6-7-9-19(18)30-23(20)24(26)28/h6-13,21H,4-5,14-15H2,1-3H3/p+1/t21-/m1/s1. The van der Waals surface area contributed by atoms with Crippen molar-refractivity contribution in [1.82, 2.24) is 4.90 Å². The fraction of sp³-hybridized carbons (Fsp3) is 0.333. The molecular weight excluding hydrogens is 380 g/mol. The van der Waals surface area contributed by atoms with Gasteiger partial charge in [0.15, 0.2) is 5.43 Å². The molecule has 0 spiro atoms. The molecule has 2 heterocycles. The number of carbonyl (C=O) groups excluding carboxylic acids is 1. The fourth-order valence-electron chi connectivity index (χ4n) is 4.21. The lowest BCUT2D eigenvalue weighted by atomic mass is 9.98. The predicted molar refractivity (Wildman–Crippen MR) is 115 cm³/mol. The summed E-state index contributed by atoms with van der Waals surface area (Å²) >= 11 is 0. The van der Waals surface area contributed by atoms with Crippen molar-refractivity contribution >= 4 is 16.9 Å². The van der Waals surface area contributed by atoms with Crippen LogP contribution in [0.4, 0.5) is 0 Å². The summed E-state index contributed by atoms with van der Waals surface area (Å²) in [5.41, 5.74) is 1.61. The molecule has 1 amide bonds. The lowest BCUT2D eigenvalue weighted by Gasteiger charge is -2.26. The van der Waals surface area contributed by atoms with E-state index in [0.717, 1.165) is 30.9 Å². The number of carbonyl (C=O) groups is 1. The summed E-state index contributed by atoms with van der Waals surface area (Å²) in [6.07, 6.45) is 0. The Kier molecular flexibility index (Phi) is 5.59. The Morgan fingerprint density at radius 3 is 2.40 bits per heavy atom. The van der Waals surface area contributed by atoms with E-state index in [9.17, 15) is 9.59 Å².